The van der Waals surface area contributed by atoms with Gasteiger partial charge in [0.2, 0.25) is 15.9 Å². The third kappa shape index (κ3) is 3.82. The van der Waals surface area contributed by atoms with Crippen molar-refractivity contribution in [1.82, 2.24) is 9.29 Å². The van der Waals surface area contributed by atoms with E-state index < -0.39 is 10.0 Å². The van der Waals surface area contributed by atoms with Crippen molar-refractivity contribution in [3.05, 3.63) is 70.6 Å². The van der Waals surface area contributed by atoms with E-state index in [9.17, 15) is 8.42 Å². The second-order valence-electron chi connectivity index (χ2n) is 6.87. The largest absolute Gasteiger partial charge is 0.441 e. The zero-order chi connectivity index (χ0) is 19.8. The molecule has 0 aliphatic heterocycles. The van der Waals surface area contributed by atoms with E-state index in [-0.39, 0.29) is 6.54 Å². The summed E-state index contributed by atoms with van der Waals surface area (Å²) < 4.78 is 33.1. The monoisotopic (exact) mass is 384 g/mol. The molecule has 0 amide bonds. The minimum atomic E-state index is -3.61. The molecule has 0 spiro atoms. The maximum Gasteiger partial charge on any atom is 0.243 e. The van der Waals surface area contributed by atoms with Gasteiger partial charge in [-0.3, -0.25) is 0 Å². The van der Waals surface area contributed by atoms with Crippen molar-refractivity contribution in [3.8, 4) is 11.5 Å². The fraction of sp³-hybridized carbons (Fsp3) is 0.286. The van der Waals surface area contributed by atoms with E-state index in [4.69, 9.17) is 4.42 Å². The van der Waals surface area contributed by atoms with E-state index in [0.29, 0.717) is 22.2 Å². The van der Waals surface area contributed by atoms with Crippen molar-refractivity contribution >= 4 is 10.0 Å². The fourth-order valence-corrected chi connectivity index (χ4v) is 4.39. The molecule has 3 rings (SSSR count). The zero-order valence-corrected chi connectivity index (χ0v) is 17.1. The van der Waals surface area contributed by atoms with Crippen LogP contribution in [-0.2, 0) is 16.6 Å². The van der Waals surface area contributed by atoms with Gasteiger partial charge in [-0.2, -0.15) is 4.31 Å². The van der Waals surface area contributed by atoms with Crippen molar-refractivity contribution in [2.24, 2.45) is 0 Å². The first-order valence-corrected chi connectivity index (χ1v) is 10.2. The Morgan fingerprint density at radius 2 is 1.70 bits per heavy atom. The van der Waals surface area contributed by atoms with Crippen LogP contribution in [0.2, 0.25) is 0 Å². The van der Waals surface area contributed by atoms with Crippen LogP contribution >= 0.6 is 0 Å². The van der Waals surface area contributed by atoms with Crippen LogP contribution in [0.4, 0.5) is 0 Å². The summed E-state index contributed by atoms with van der Waals surface area (Å²) >= 11 is 0. The molecule has 1 aromatic heterocycles. The number of aromatic nitrogens is 1. The topological polar surface area (TPSA) is 63.4 Å². The van der Waals surface area contributed by atoms with Gasteiger partial charge >= 0.3 is 0 Å². The lowest BCUT2D eigenvalue weighted by Crippen LogP contribution is -2.27. The molecule has 0 radical (unpaired) electrons. The molecule has 1 heterocycles. The van der Waals surface area contributed by atoms with Crippen LogP contribution in [0.3, 0.4) is 0 Å². The Morgan fingerprint density at radius 1 is 1.00 bits per heavy atom. The van der Waals surface area contributed by atoms with Gasteiger partial charge in [-0.15, -0.1) is 0 Å². The van der Waals surface area contributed by atoms with Crippen LogP contribution < -0.4 is 0 Å². The summed E-state index contributed by atoms with van der Waals surface area (Å²) in [5, 5.41) is 0. The smallest absolute Gasteiger partial charge is 0.243 e. The normalized spacial score (nSPS) is 11.9. The summed E-state index contributed by atoms with van der Waals surface area (Å²) in [6.07, 6.45) is 0. The van der Waals surface area contributed by atoms with Gasteiger partial charge in [0.1, 0.15) is 5.76 Å². The molecule has 2 aromatic carbocycles. The molecule has 0 bridgehead atoms. The minimum Gasteiger partial charge on any atom is -0.441 e. The van der Waals surface area contributed by atoms with E-state index in [1.807, 2.05) is 64.1 Å². The number of rotatable bonds is 5. The summed E-state index contributed by atoms with van der Waals surface area (Å²) in [6, 6.07) is 13.2. The first kappa shape index (κ1) is 19.3. The van der Waals surface area contributed by atoms with Gasteiger partial charge in [0.05, 0.1) is 17.1 Å². The Bertz CT molecular complexity index is 1080. The van der Waals surface area contributed by atoms with E-state index in [1.165, 1.54) is 4.31 Å². The van der Waals surface area contributed by atoms with Crippen molar-refractivity contribution in [1.29, 1.82) is 0 Å². The third-order valence-electron chi connectivity index (χ3n) is 4.66. The summed E-state index contributed by atoms with van der Waals surface area (Å²) in [5.74, 6) is 1.13. The highest BCUT2D eigenvalue weighted by molar-refractivity contribution is 7.89. The Kier molecular flexibility index (Phi) is 5.22. The van der Waals surface area contributed by atoms with E-state index >= 15 is 0 Å². The summed E-state index contributed by atoms with van der Waals surface area (Å²) in [6.45, 7) is 7.70. The summed E-state index contributed by atoms with van der Waals surface area (Å²) in [4.78, 5) is 4.87. The Labute approximate surface area is 160 Å². The van der Waals surface area contributed by atoms with Gasteiger partial charge in [0.25, 0.3) is 0 Å². The highest BCUT2D eigenvalue weighted by Crippen LogP contribution is 2.27. The molecule has 27 heavy (non-hydrogen) atoms. The molecular formula is C21H24N2O3S. The number of aryl methyl sites for hydroxylation is 4. The molecule has 0 N–H and O–H groups in total. The molecule has 0 saturated carbocycles. The van der Waals surface area contributed by atoms with Gasteiger partial charge in [-0.05, 0) is 51.0 Å². The molecule has 6 heteroatoms. The quantitative estimate of drug-likeness (QED) is 0.654. The van der Waals surface area contributed by atoms with Crippen LogP contribution in [0.5, 0.6) is 0 Å². The lowest BCUT2D eigenvalue weighted by molar-refractivity contribution is 0.457. The van der Waals surface area contributed by atoms with Crippen molar-refractivity contribution in [2.75, 3.05) is 7.05 Å². The SMILES string of the molecule is Cc1ccc(S(=O)(=O)N(C)Cc2nc(-c3ccccc3C)oc2C)c(C)c1. The Balaban J connectivity index is 1.90. The van der Waals surface area contributed by atoms with Crippen molar-refractivity contribution in [3.63, 3.8) is 0 Å². The van der Waals surface area contributed by atoms with Gasteiger partial charge in [0, 0.05) is 12.6 Å². The van der Waals surface area contributed by atoms with Gasteiger partial charge in [0.15, 0.2) is 0 Å². The second-order valence-corrected chi connectivity index (χ2v) is 8.88. The molecule has 0 aliphatic rings. The average molecular weight is 385 g/mol. The fourth-order valence-electron chi connectivity index (χ4n) is 3.06. The summed E-state index contributed by atoms with van der Waals surface area (Å²) in [5.41, 5.74) is 4.35. The van der Waals surface area contributed by atoms with Crippen LogP contribution in [0.1, 0.15) is 28.1 Å². The van der Waals surface area contributed by atoms with Crippen molar-refractivity contribution in [2.45, 2.75) is 39.1 Å². The molecule has 0 saturated heterocycles. The molecule has 0 aliphatic carbocycles. The Morgan fingerprint density at radius 3 is 2.37 bits per heavy atom. The minimum absolute atomic E-state index is 0.150. The standard InChI is InChI=1S/C21H24N2O3S/c1-14-10-11-20(16(3)12-14)27(24,25)23(5)13-19-17(4)26-21(22-19)18-9-7-6-8-15(18)2/h6-12H,13H2,1-5H3. The lowest BCUT2D eigenvalue weighted by atomic mass is 10.1. The van der Waals surface area contributed by atoms with Gasteiger partial charge in [-0.1, -0.05) is 35.9 Å². The highest BCUT2D eigenvalue weighted by atomic mass is 32.2. The molecule has 0 unspecified atom stereocenters. The number of nitrogens with zero attached hydrogens (tertiary/aromatic N) is 2. The van der Waals surface area contributed by atoms with Crippen LogP contribution in [0, 0.1) is 27.7 Å². The van der Waals surface area contributed by atoms with Crippen LogP contribution in [-0.4, -0.2) is 24.8 Å². The predicted molar refractivity (Wildman–Crippen MR) is 106 cm³/mol. The zero-order valence-electron chi connectivity index (χ0n) is 16.3. The maximum atomic E-state index is 13.0. The maximum absolute atomic E-state index is 13.0. The summed E-state index contributed by atoms with van der Waals surface area (Å²) in [7, 11) is -2.05. The number of oxazole rings is 1. The first-order chi connectivity index (χ1) is 12.7. The van der Waals surface area contributed by atoms with Crippen LogP contribution in [0.15, 0.2) is 51.8 Å². The van der Waals surface area contributed by atoms with E-state index in [0.717, 1.165) is 22.3 Å². The molecule has 0 atom stereocenters. The molecule has 3 aromatic rings. The molecule has 0 fully saturated rings. The van der Waals surface area contributed by atoms with Gasteiger partial charge in [-0.25, -0.2) is 13.4 Å². The third-order valence-corrected chi connectivity index (χ3v) is 6.62. The predicted octanol–water partition coefficient (Wildman–Crippen LogP) is 4.40. The second kappa shape index (κ2) is 7.29. The molecule has 5 nitrogen and oxygen atoms in total. The van der Waals surface area contributed by atoms with Gasteiger partial charge < -0.3 is 4.42 Å². The number of sulfonamides is 1. The van der Waals surface area contributed by atoms with E-state index in [1.54, 1.807) is 13.1 Å². The first-order valence-electron chi connectivity index (χ1n) is 8.76. The Hall–Kier alpha value is -2.44. The number of hydrogen-bond donors (Lipinski definition) is 0. The van der Waals surface area contributed by atoms with Crippen LogP contribution in [0.25, 0.3) is 11.5 Å². The molecular weight excluding hydrogens is 360 g/mol. The number of hydrogen-bond acceptors (Lipinski definition) is 4. The molecule has 142 valence electrons. The van der Waals surface area contributed by atoms with Crippen molar-refractivity contribution < 1.29 is 12.8 Å². The van der Waals surface area contributed by atoms with E-state index in [2.05, 4.69) is 4.98 Å². The number of benzene rings is 2. The average Bonchev–Trinajstić information content (AvgIpc) is 2.95. The highest BCUT2D eigenvalue weighted by Gasteiger charge is 2.25. The lowest BCUT2D eigenvalue weighted by Gasteiger charge is -2.18.